The summed E-state index contributed by atoms with van der Waals surface area (Å²) in [6.45, 7) is 6.33. The van der Waals surface area contributed by atoms with Crippen molar-refractivity contribution in [1.29, 1.82) is 0 Å². The minimum Gasteiger partial charge on any atom is -0.467 e. The highest BCUT2D eigenvalue weighted by Gasteiger charge is 2.35. The number of hydrogen-bond donors (Lipinski definition) is 1. The maximum Gasteiger partial charge on any atom is 0.318 e. The summed E-state index contributed by atoms with van der Waals surface area (Å²) < 4.78 is 5.55. The maximum absolute atomic E-state index is 5.55. The van der Waals surface area contributed by atoms with Crippen LogP contribution in [0.3, 0.4) is 0 Å². The van der Waals surface area contributed by atoms with E-state index in [2.05, 4.69) is 40.2 Å². The summed E-state index contributed by atoms with van der Waals surface area (Å²) >= 11 is 0. The normalized spacial score (nSPS) is 27.1. The minimum absolute atomic E-state index is 0.505. The first kappa shape index (κ1) is 19.4. The Morgan fingerprint density at radius 2 is 1.87 bits per heavy atom. The van der Waals surface area contributed by atoms with Crippen molar-refractivity contribution >= 4 is 11.5 Å². The molecule has 6 heteroatoms. The third kappa shape index (κ3) is 3.36. The predicted molar refractivity (Wildman–Crippen MR) is 123 cm³/mol. The molecule has 164 valence electrons. The molecule has 31 heavy (non-hydrogen) atoms. The van der Waals surface area contributed by atoms with Crippen molar-refractivity contribution < 1.29 is 4.74 Å². The van der Waals surface area contributed by atoms with Gasteiger partial charge in [-0.3, -0.25) is 0 Å². The Balaban J connectivity index is 1.35. The SMILES string of the molecule is COc1nc2c(c(N3CC4CCC(C3)N4)n1)CCN(c1cccc3c1C(C)CCC3)C2. The zero-order chi connectivity index (χ0) is 20.9. The van der Waals surface area contributed by atoms with Gasteiger partial charge < -0.3 is 19.9 Å². The number of nitrogens with zero attached hydrogens (tertiary/aromatic N) is 4. The lowest BCUT2D eigenvalue weighted by molar-refractivity contribution is 0.374. The van der Waals surface area contributed by atoms with Crippen molar-refractivity contribution in [3.63, 3.8) is 0 Å². The minimum atomic E-state index is 0.505. The second kappa shape index (κ2) is 7.66. The van der Waals surface area contributed by atoms with E-state index < -0.39 is 0 Å². The summed E-state index contributed by atoms with van der Waals surface area (Å²) in [5.74, 6) is 1.75. The van der Waals surface area contributed by atoms with Crippen LogP contribution in [0.25, 0.3) is 0 Å². The number of rotatable bonds is 3. The Labute approximate surface area is 185 Å². The van der Waals surface area contributed by atoms with Gasteiger partial charge in [-0.25, -0.2) is 0 Å². The van der Waals surface area contributed by atoms with Crippen LogP contribution in [-0.4, -0.2) is 48.8 Å². The topological polar surface area (TPSA) is 53.5 Å². The number of methoxy groups -OCH3 is 1. The van der Waals surface area contributed by atoms with Gasteiger partial charge in [0.15, 0.2) is 0 Å². The maximum atomic E-state index is 5.55. The van der Waals surface area contributed by atoms with Crippen molar-refractivity contribution in [2.24, 2.45) is 0 Å². The first-order valence-corrected chi connectivity index (χ1v) is 12.0. The van der Waals surface area contributed by atoms with Crippen LogP contribution in [0.1, 0.15) is 60.9 Å². The van der Waals surface area contributed by atoms with Crippen molar-refractivity contribution in [1.82, 2.24) is 15.3 Å². The van der Waals surface area contributed by atoms with Crippen LogP contribution in [-0.2, 0) is 19.4 Å². The number of piperazine rings is 1. The lowest BCUT2D eigenvalue weighted by Gasteiger charge is -2.38. The molecule has 4 aliphatic rings. The van der Waals surface area contributed by atoms with E-state index in [-0.39, 0.29) is 0 Å². The number of fused-ring (bicyclic) bond motifs is 4. The molecule has 6 rings (SSSR count). The van der Waals surface area contributed by atoms with Crippen LogP contribution in [0, 0.1) is 0 Å². The van der Waals surface area contributed by atoms with Gasteiger partial charge in [0, 0.05) is 43.0 Å². The largest absolute Gasteiger partial charge is 0.467 e. The highest BCUT2D eigenvalue weighted by Crippen LogP contribution is 2.40. The molecule has 1 aromatic heterocycles. The number of benzene rings is 1. The van der Waals surface area contributed by atoms with Gasteiger partial charge in [0.05, 0.1) is 19.3 Å². The van der Waals surface area contributed by atoms with Crippen LogP contribution in [0.4, 0.5) is 11.5 Å². The van der Waals surface area contributed by atoms with E-state index in [4.69, 9.17) is 14.7 Å². The van der Waals surface area contributed by atoms with Crippen LogP contribution in [0.5, 0.6) is 6.01 Å². The molecule has 3 atom stereocenters. The molecule has 3 unspecified atom stereocenters. The lowest BCUT2D eigenvalue weighted by Crippen LogP contribution is -2.52. The molecule has 4 heterocycles. The fourth-order valence-electron chi connectivity index (χ4n) is 6.32. The van der Waals surface area contributed by atoms with Crippen LogP contribution >= 0.6 is 0 Å². The number of nitrogens with one attached hydrogen (secondary N) is 1. The zero-order valence-corrected chi connectivity index (χ0v) is 18.7. The molecule has 2 bridgehead atoms. The van der Waals surface area contributed by atoms with E-state index in [0.717, 1.165) is 44.1 Å². The molecule has 2 aromatic rings. The van der Waals surface area contributed by atoms with E-state index in [9.17, 15) is 0 Å². The van der Waals surface area contributed by atoms with Crippen molar-refractivity contribution in [3.8, 4) is 6.01 Å². The summed E-state index contributed by atoms with van der Waals surface area (Å²) in [4.78, 5) is 14.7. The van der Waals surface area contributed by atoms with Gasteiger partial charge >= 0.3 is 6.01 Å². The van der Waals surface area contributed by atoms with Gasteiger partial charge in [0.2, 0.25) is 0 Å². The van der Waals surface area contributed by atoms with E-state index in [1.165, 1.54) is 43.4 Å². The molecule has 0 spiro atoms. The number of aromatic nitrogens is 2. The standard InChI is InChI=1S/C25H33N5O/c1-16-5-3-6-17-7-4-8-22(23(16)17)29-12-11-20-21(15-29)27-25(31-2)28-24(20)30-13-18-9-10-19(14-30)26-18/h4,7-8,16,18-19,26H,3,5-6,9-15H2,1-2H3. The molecule has 1 N–H and O–H groups in total. The van der Waals surface area contributed by atoms with Gasteiger partial charge in [0.1, 0.15) is 5.82 Å². The third-order valence-electron chi connectivity index (χ3n) is 7.81. The van der Waals surface area contributed by atoms with Gasteiger partial charge in [-0.1, -0.05) is 19.1 Å². The molecular weight excluding hydrogens is 386 g/mol. The summed E-state index contributed by atoms with van der Waals surface area (Å²) in [5.41, 5.74) is 6.99. The van der Waals surface area contributed by atoms with Crippen LogP contribution in [0.2, 0.25) is 0 Å². The Morgan fingerprint density at radius 1 is 1.03 bits per heavy atom. The van der Waals surface area contributed by atoms with Gasteiger partial charge in [-0.15, -0.1) is 0 Å². The molecule has 0 amide bonds. The second-order valence-corrected chi connectivity index (χ2v) is 9.82. The van der Waals surface area contributed by atoms with E-state index in [1.807, 2.05) is 0 Å². The fraction of sp³-hybridized carbons (Fsp3) is 0.600. The first-order valence-electron chi connectivity index (χ1n) is 12.0. The molecule has 6 nitrogen and oxygen atoms in total. The predicted octanol–water partition coefficient (Wildman–Crippen LogP) is 3.43. The quantitative estimate of drug-likeness (QED) is 0.823. The second-order valence-electron chi connectivity index (χ2n) is 9.82. The molecule has 1 aromatic carbocycles. The summed E-state index contributed by atoms with van der Waals surface area (Å²) in [6.07, 6.45) is 7.35. The summed E-state index contributed by atoms with van der Waals surface area (Å²) in [6, 6.07) is 8.57. The molecule has 1 aliphatic carbocycles. The van der Waals surface area contributed by atoms with Crippen LogP contribution < -0.4 is 19.9 Å². The van der Waals surface area contributed by atoms with E-state index in [0.29, 0.717) is 24.0 Å². The van der Waals surface area contributed by atoms with Gasteiger partial charge in [-0.2, -0.15) is 9.97 Å². The zero-order valence-electron chi connectivity index (χ0n) is 18.7. The van der Waals surface area contributed by atoms with Crippen molar-refractivity contribution in [2.45, 2.75) is 70.0 Å². The lowest BCUT2D eigenvalue weighted by atomic mass is 9.82. The molecule has 2 saturated heterocycles. The molecule has 2 fully saturated rings. The number of anilines is 2. The molecule has 0 saturated carbocycles. The average Bonchev–Trinajstić information content (AvgIpc) is 3.15. The summed E-state index contributed by atoms with van der Waals surface area (Å²) in [7, 11) is 1.68. The van der Waals surface area contributed by atoms with Crippen molar-refractivity contribution in [2.75, 3.05) is 36.5 Å². The number of ether oxygens (including phenoxy) is 1. The van der Waals surface area contributed by atoms with Gasteiger partial charge in [-0.05, 0) is 61.6 Å². The number of aryl methyl sites for hydroxylation is 1. The Hall–Kier alpha value is -2.34. The monoisotopic (exact) mass is 419 g/mol. The Morgan fingerprint density at radius 3 is 2.68 bits per heavy atom. The smallest absolute Gasteiger partial charge is 0.318 e. The highest BCUT2D eigenvalue weighted by atomic mass is 16.5. The summed E-state index contributed by atoms with van der Waals surface area (Å²) in [5, 5.41) is 3.74. The van der Waals surface area contributed by atoms with Crippen LogP contribution in [0.15, 0.2) is 18.2 Å². The fourth-order valence-corrected chi connectivity index (χ4v) is 6.32. The first-order chi connectivity index (χ1) is 15.2. The number of hydrogen-bond acceptors (Lipinski definition) is 6. The average molecular weight is 420 g/mol. The van der Waals surface area contributed by atoms with Crippen molar-refractivity contribution in [3.05, 3.63) is 40.6 Å². The van der Waals surface area contributed by atoms with E-state index in [1.54, 1.807) is 18.2 Å². The van der Waals surface area contributed by atoms with E-state index >= 15 is 0 Å². The Bertz CT molecular complexity index is 980. The highest BCUT2D eigenvalue weighted by molar-refractivity contribution is 5.62. The molecule has 3 aliphatic heterocycles. The Kier molecular flexibility index (Phi) is 4.78. The molecular formula is C25H33N5O. The van der Waals surface area contributed by atoms with Gasteiger partial charge in [0.25, 0.3) is 0 Å². The third-order valence-corrected chi connectivity index (χ3v) is 7.81. The molecule has 0 radical (unpaired) electrons.